The van der Waals surface area contributed by atoms with Gasteiger partial charge in [0, 0.05) is 12.7 Å². The SMILES string of the molecule is CC(C)C(C)CNc1nc(Cl)ncc1Br. The molecular formula is C10H15BrClN3. The number of anilines is 1. The van der Waals surface area contributed by atoms with E-state index in [1.54, 1.807) is 6.20 Å². The molecular weight excluding hydrogens is 277 g/mol. The van der Waals surface area contributed by atoms with Crippen molar-refractivity contribution in [2.45, 2.75) is 20.8 Å². The smallest absolute Gasteiger partial charge is 0.224 e. The molecule has 0 spiro atoms. The first kappa shape index (κ1) is 12.7. The summed E-state index contributed by atoms with van der Waals surface area (Å²) in [6.45, 7) is 7.49. The van der Waals surface area contributed by atoms with Gasteiger partial charge in [-0.05, 0) is 39.4 Å². The Morgan fingerprint density at radius 1 is 1.47 bits per heavy atom. The lowest BCUT2D eigenvalue weighted by molar-refractivity contribution is 0.439. The van der Waals surface area contributed by atoms with E-state index >= 15 is 0 Å². The molecule has 0 aromatic carbocycles. The minimum Gasteiger partial charge on any atom is -0.369 e. The van der Waals surface area contributed by atoms with Gasteiger partial charge in [-0.1, -0.05) is 20.8 Å². The summed E-state index contributed by atoms with van der Waals surface area (Å²) in [4.78, 5) is 7.97. The van der Waals surface area contributed by atoms with Crippen LogP contribution < -0.4 is 5.32 Å². The van der Waals surface area contributed by atoms with Crippen molar-refractivity contribution in [3.63, 3.8) is 0 Å². The number of nitrogens with zero attached hydrogens (tertiary/aromatic N) is 2. The predicted octanol–water partition coefficient (Wildman–Crippen LogP) is 3.60. The molecule has 1 aromatic rings. The molecule has 1 heterocycles. The molecule has 1 atom stereocenters. The molecule has 3 nitrogen and oxygen atoms in total. The lowest BCUT2D eigenvalue weighted by Gasteiger charge is -2.16. The van der Waals surface area contributed by atoms with Gasteiger partial charge in [-0.2, -0.15) is 4.98 Å². The van der Waals surface area contributed by atoms with Crippen molar-refractivity contribution in [3.8, 4) is 0 Å². The van der Waals surface area contributed by atoms with Gasteiger partial charge in [-0.25, -0.2) is 4.98 Å². The number of aromatic nitrogens is 2. The van der Waals surface area contributed by atoms with E-state index in [0.29, 0.717) is 11.8 Å². The second-order valence-corrected chi connectivity index (χ2v) is 5.13. The zero-order valence-electron chi connectivity index (χ0n) is 9.09. The van der Waals surface area contributed by atoms with Crippen molar-refractivity contribution in [1.29, 1.82) is 0 Å². The summed E-state index contributed by atoms with van der Waals surface area (Å²) in [7, 11) is 0. The first-order valence-corrected chi connectivity index (χ1v) is 6.09. The fourth-order valence-electron chi connectivity index (χ4n) is 0.963. The van der Waals surface area contributed by atoms with Crippen LogP contribution in [0.3, 0.4) is 0 Å². The number of nitrogens with one attached hydrogen (secondary N) is 1. The first-order valence-electron chi connectivity index (χ1n) is 4.92. The van der Waals surface area contributed by atoms with Gasteiger partial charge in [-0.3, -0.25) is 0 Å². The van der Waals surface area contributed by atoms with Gasteiger partial charge in [0.1, 0.15) is 5.82 Å². The quantitative estimate of drug-likeness (QED) is 0.862. The minimum atomic E-state index is 0.262. The van der Waals surface area contributed by atoms with E-state index in [-0.39, 0.29) is 5.28 Å². The van der Waals surface area contributed by atoms with Crippen LogP contribution in [0.25, 0.3) is 0 Å². The summed E-state index contributed by atoms with van der Waals surface area (Å²) in [5, 5.41) is 3.51. The Labute approximate surface area is 104 Å². The third-order valence-electron chi connectivity index (χ3n) is 2.44. The first-order chi connectivity index (χ1) is 7.00. The number of halogens is 2. The molecule has 84 valence electrons. The third-order valence-corrected chi connectivity index (χ3v) is 3.21. The largest absolute Gasteiger partial charge is 0.369 e. The third kappa shape index (κ3) is 3.95. The molecule has 1 unspecified atom stereocenters. The summed E-state index contributed by atoms with van der Waals surface area (Å²) in [6.07, 6.45) is 1.65. The van der Waals surface area contributed by atoms with Crippen LogP contribution in [0.2, 0.25) is 5.28 Å². The van der Waals surface area contributed by atoms with Crippen molar-refractivity contribution in [2.75, 3.05) is 11.9 Å². The lowest BCUT2D eigenvalue weighted by Crippen LogP contribution is -2.17. The monoisotopic (exact) mass is 291 g/mol. The van der Waals surface area contributed by atoms with Crippen LogP contribution >= 0.6 is 27.5 Å². The van der Waals surface area contributed by atoms with Gasteiger partial charge in [0.2, 0.25) is 5.28 Å². The van der Waals surface area contributed by atoms with Crippen molar-refractivity contribution < 1.29 is 0 Å². The molecule has 0 aliphatic heterocycles. The normalized spacial score (nSPS) is 12.9. The van der Waals surface area contributed by atoms with Crippen LogP contribution in [0.1, 0.15) is 20.8 Å². The molecule has 0 aliphatic carbocycles. The van der Waals surface area contributed by atoms with E-state index in [1.165, 1.54) is 0 Å². The van der Waals surface area contributed by atoms with E-state index in [4.69, 9.17) is 11.6 Å². The maximum absolute atomic E-state index is 5.71. The Balaban J connectivity index is 2.61. The zero-order valence-corrected chi connectivity index (χ0v) is 11.4. The highest BCUT2D eigenvalue weighted by Crippen LogP contribution is 2.21. The van der Waals surface area contributed by atoms with E-state index in [9.17, 15) is 0 Å². The molecule has 0 amide bonds. The summed E-state index contributed by atoms with van der Waals surface area (Å²) in [5.41, 5.74) is 0. The van der Waals surface area contributed by atoms with Crippen LogP contribution in [0.5, 0.6) is 0 Å². The van der Waals surface area contributed by atoms with Gasteiger partial charge in [0.05, 0.1) is 4.47 Å². The van der Waals surface area contributed by atoms with Crippen LogP contribution in [0, 0.1) is 11.8 Å². The van der Waals surface area contributed by atoms with Crippen molar-refractivity contribution in [3.05, 3.63) is 16.0 Å². The van der Waals surface area contributed by atoms with Crippen molar-refractivity contribution in [1.82, 2.24) is 9.97 Å². The Bertz CT molecular complexity index is 330. The van der Waals surface area contributed by atoms with Gasteiger partial charge in [0.25, 0.3) is 0 Å². The van der Waals surface area contributed by atoms with Crippen molar-refractivity contribution in [2.24, 2.45) is 11.8 Å². The highest BCUT2D eigenvalue weighted by atomic mass is 79.9. The second-order valence-electron chi connectivity index (χ2n) is 3.94. The average molecular weight is 293 g/mol. The molecule has 1 rings (SSSR count). The standard InChI is InChI=1S/C10H15BrClN3/c1-6(2)7(3)4-13-9-8(11)5-14-10(12)15-9/h5-7H,4H2,1-3H3,(H,13,14,15). The summed E-state index contributed by atoms with van der Waals surface area (Å²) >= 11 is 9.08. The lowest BCUT2D eigenvalue weighted by atomic mass is 9.98. The predicted molar refractivity (Wildman–Crippen MR) is 67.2 cm³/mol. The number of hydrogen-bond donors (Lipinski definition) is 1. The Hall–Kier alpha value is -0.350. The average Bonchev–Trinajstić information content (AvgIpc) is 2.18. The summed E-state index contributed by atoms with van der Waals surface area (Å²) in [5.74, 6) is 1.99. The summed E-state index contributed by atoms with van der Waals surface area (Å²) < 4.78 is 0.836. The molecule has 0 bridgehead atoms. The van der Waals surface area contributed by atoms with E-state index in [2.05, 4.69) is 52.0 Å². The molecule has 5 heteroatoms. The minimum absolute atomic E-state index is 0.262. The second kappa shape index (κ2) is 5.66. The maximum atomic E-state index is 5.71. The van der Waals surface area contributed by atoms with Gasteiger partial charge >= 0.3 is 0 Å². The Morgan fingerprint density at radius 3 is 2.73 bits per heavy atom. The Kier molecular flexibility index (Phi) is 4.80. The van der Waals surface area contributed by atoms with E-state index in [0.717, 1.165) is 16.8 Å². The van der Waals surface area contributed by atoms with E-state index < -0.39 is 0 Å². The van der Waals surface area contributed by atoms with Gasteiger partial charge in [0.15, 0.2) is 0 Å². The number of rotatable bonds is 4. The molecule has 0 aliphatic rings. The van der Waals surface area contributed by atoms with Crippen molar-refractivity contribution >= 4 is 33.3 Å². The highest BCUT2D eigenvalue weighted by molar-refractivity contribution is 9.10. The summed E-state index contributed by atoms with van der Waals surface area (Å²) in [6, 6.07) is 0. The molecule has 0 fully saturated rings. The van der Waals surface area contributed by atoms with Crippen LogP contribution in [0.15, 0.2) is 10.7 Å². The fourth-order valence-corrected chi connectivity index (χ4v) is 1.43. The molecule has 1 aromatic heterocycles. The topological polar surface area (TPSA) is 37.8 Å². The molecule has 15 heavy (non-hydrogen) atoms. The molecule has 0 radical (unpaired) electrons. The molecule has 0 saturated heterocycles. The zero-order chi connectivity index (χ0) is 11.4. The van der Waals surface area contributed by atoms with Gasteiger partial charge < -0.3 is 5.32 Å². The van der Waals surface area contributed by atoms with Crippen LogP contribution in [0.4, 0.5) is 5.82 Å². The number of hydrogen-bond acceptors (Lipinski definition) is 3. The van der Waals surface area contributed by atoms with E-state index in [1.807, 2.05) is 0 Å². The fraction of sp³-hybridized carbons (Fsp3) is 0.600. The van der Waals surface area contributed by atoms with Crippen LogP contribution in [-0.4, -0.2) is 16.5 Å². The Morgan fingerprint density at radius 2 is 2.13 bits per heavy atom. The van der Waals surface area contributed by atoms with Gasteiger partial charge in [-0.15, -0.1) is 0 Å². The van der Waals surface area contributed by atoms with Crippen LogP contribution in [-0.2, 0) is 0 Å². The molecule has 1 N–H and O–H groups in total. The molecule has 0 saturated carbocycles. The maximum Gasteiger partial charge on any atom is 0.224 e. The highest BCUT2D eigenvalue weighted by Gasteiger charge is 2.09.